The molecule has 6 nitrogen and oxygen atoms in total. The van der Waals surface area contributed by atoms with Crippen LogP contribution in [-0.2, 0) is 9.53 Å². The Kier molecular flexibility index (Phi) is 6.08. The SMILES string of the molecule is CCC(=O)N1CC(NC(=O)OC)CC(C(O)CC)C1. The van der Waals surface area contributed by atoms with Gasteiger partial charge in [0.05, 0.1) is 19.3 Å². The number of likely N-dealkylation sites (tertiary alicyclic amines) is 1. The van der Waals surface area contributed by atoms with Crippen LogP contribution in [0, 0.1) is 5.92 Å². The lowest BCUT2D eigenvalue weighted by atomic mass is 9.88. The van der Waals surface area contributed by atoms with Gasteiger partial charge in [0.2, 0.25) is 5.91 Å². The van der Waals surface area contributed by atoms with E-state index in [1.165, 1.54) is 7.11 Å². The van der Waals surface area contributed by atoms with E-state index in [1.807, 2.05) is 13.8 Å². The van der Waals surface area contributed by atoms with Gasteiger partial charge in [-0.05, 0) is 12.8 Å². The van der Waals surface area contributed by atoms with Crippen molar-refractivity contribution in [3.8, 4) is 0 Å². The second-order valence-electron chi connectivity index (χ2n) is 4.96. The van der Waals surface area contributed by atoms with E-state index in [9.17, 15) is 14.7 Å². The van der Waals surface area contributed by atoms with Gasteiger partial charge in [-0.3, -0.25) is 4.79 Å². The lowest BCUT2D eigenvalue weighted by molar-refractivity contribution is -0.134. The molecule has 2 amide bonds. The zero-order chi connectivity index (χ0) is 14.4. The van der Waals surface area contributed by atoms with Gasteiger partial charge in [0.25, 0.3) is 0 Å². The van der Waals surface area contributed by atoms with Gasteiger partial charge in [0.1, 0.15) is 0 Å². The molecule has 0 spiro atoms. The van der Waals surface area contributed by atoms with Crippen molar-refractivity contribution < 1.29 is 19.4 Å². The van der Waals surface area contributed by atoms with Crippen LogP contribution in [0.15, 0.2) is 0 Å². The molecule has 1 fully saturated rings. The zero-order valence-electron chi connectivity index (χ0n) is 11.9. The fraction of sp³-hybridized carbons (Fsp3) is 0.846. The molecule has 0 aromatic heterocycles. The molecule has 1 heterocycles. The Balaban J connectivity index is 2.71. The van der Waals surface area contributed by atoms with Crippen LogP contribution >= 0.6 is 0 Å². The summed E-state index contributed by atoms with van der Waals surface area (Å²) in [5, 5.41) is 12.7. The molecule has 1 aliphatic rings. The Morgan fingerprint density at radius 1 is 1.42 bits per heavy atom. The predicted molar refractivity (Wildman–Crippen MR) is 70.6 cm³/mol. The molecule has 6 heteroatoms. The highest BCUT2D eigenvalue weighted by Gasteiger charge is 2.33. The van der Waals surface area contributed by atoms with E-state index in [0.29, 0.717) is 32.4 Å². The number of nitrogens with one attached hydrogen (secondary N) is 1. The standard InChI is InChI=1S/C13H24N2O4/c1-4-11(16)9-6-10(14-13(18)19-3)8-15(7-9)12(17)5-2/h9-11,16H,4-8H2,1-3H3,(H,14,18). The Bertz CT molecular complexity index is 322. The first-order valence-electron chi connectivity index (χ1n) is 6.82. The first-order valence-corrected chi connectivity index (χ1v) is 6.82. The number of ether oxygens (including phenoxy) is 1. The van der Waals surface area contributed by atoms with Gasteiger partial charge in [0.15, 0.2) is 0 Å². The largest absolute Gasteiger partial charge is 0.453 e. The minimum Gasteiger partial charge on any atom is -0.453 e. The Hall–Kier alpha value is -1.30. The third-order valence-electron chi connectivity index (χ3n) is 3.61. The average molecular weight is 272 g/mol. The Morgan fingerprint density at radius 3 is 2.63 bits per heavy atom. The van der Waals surface area contributed by atoms with Crippen molar-refractivity contribution in [1.82, 2.24) is 10.2 Å². The van der Waals surface area contributed by atoms with E-state index >= 15 is 0 Å². The second-order valence-corrected chi connectivity index (χ2v) is 4.96. The summed E-state index contributed by atoms with van der Waals surface area (Å²) in [5.74, 6) is 0.0427. The molecule has 3 atom stereocenters. The summed E-state index contributed by atoms with van der Waals surface area (Å²) in [6, 6.07) is -0.164. The summed E-state index contributed by atoms with van der Waals surface area (Å²) in [4.78, 5) is 24.8. The van der Waals surface area contributed by atoms with Crippen molar-refractivity contribution in [1.29, 1.82) is 0 Å². The van der Waals surface area contributed by atoms with Crippen LogP contribution in [0.5, 0.6) is 0 Å². The number of nitrogens with zero attached hydrogens (tertiary/aromatic N) is 1. The van der Waals surface area contributed by atoms with E-state index in [2.05, 4.69) is 10.1 Å². The molecule has 0 saturated carbocycles. The van der Waals surface area contributed by atoms with Gasteiger partial charge in [-0.15, -0.1) is 0 Å². The number of piperidine rings is 1. The van der Waals surface area contributed by atoms with Crippen LogP contribution in [-0.4, -0.2) is 54.4 Å². The van der Waals surface area contributed by atoms with Gasteiger partial charge in [-0.1, -0.05) is 13.8 Å². The number of carbonyl (C=O) groups is 2. The normalized spacial score (nSPS) is 24.7. The third kappa shape index (κ3) is 4.38. The van der Waals surface area contributed by atoms with Crippen LogP contribution < -0.4 is 5.32 Å². The summed E-state index contributed by atoms with van der Waals surface area (Å²) in [7, 11) is 1.31. The fourth-order valence-corrected chi connectivity index (χ4v) is 2.51. The summed E-state index contributed by atoms with van der Waals surface area (Å²) in [6.07, 6.45) is 0.788. The molecule has 0 aliphatic carbocycles. The highest BCUT2D eigenvalue weighted by atomic mass is 16.5. The molecule has 0 radical (unpaired) electrons. The van der Waals surface area contributed by atoms with Gasteiger partial charge < -0.3 is 20.1 Å². The van der Waals surface area contributed by atoms with Gasteiger partial charge in [-0.25, -0.2) is 4.79 Å². The maximum atomic E-state index is 11.8. The number of aliphatic hydroxyl groups is 1. The van der Waals surface area contributed by atoms with Crippen molar-refractivity contribution in [2.24, 2.45) is 5.92 Å². The number of carbonyl (C=O) groups excluding carboxylic acids is 2. The minimum atomic E-state index is -0.500. The molecule has 19 heavy (non-hydrogen) atoms. The highest BCUT2D eigenvalue weighted by Crippen LogP contribution is 2.22. The van der Waals surface area contributed by atoms with Crippen LogP contribution in [0.4, 0.5) is 4.79 Å². The van der Waals surface area contributed by atoms with Crippen LogP contribution in [0.3, 0.4) is 0 Å². The Labute approximate surface area is 114 Å². The molecule has 0 aromatic rings. The van der Waals surface area contributed by atoms with Crippen molar-refractivity contribution >= 4 is 12.0 Å². The van der Waals surface area contributed by atoms with E-state index in [-0.39, 0.29) is 17.9 Å². The van der Waals surface area contributed by atoms with Gasteiger partial charge >= 0.3 is 6.09 Å². The molecule has 3 unspecified atom stereocenters. The van der Waals surface area contributed by atoms with E-state index in [1.54, 1.807) is 4.90 Å². The lowest BCUT2D eigenvalue weighted by Gasteiger charge is -2.39. The quantitative estimate of drug-likeness (QED) is 0.791. The summed E-state index contributed by atoms with van der Waals surface area (Å²) >= 11 is 0. The van der Waals surface area contributed by atoms with Gasteiger partial charge in [-0.2, -0.15) is 0 Å². The smallest absolute Gasteiger partial charge is 0.407 e. The predicted octanol–water partition coefficient (Wildman–Crippen LogP) is 0.740. The van der Waals surface area contributed by atoms with Crippen molar-refractivity contribution in [3.63, 3.8) is 0 Å². The first kappa shape index (κ1) is 15.8. The topological polar surface area (TPSA) is 78.9 Å². The van der Waals surface area contributed by atoms with Gasteiger partial charge in [0, 0.05) is 25.4 Å². The molecular weight excluding hydrogens is 248 g/mol. The fourth-order valence-electron chi connectivity index (χ4n) is 2.51. The molecule has 1 rings (SSSR count). The van der Waals surface area contributed by atoms with Crippen LogP contribution in [0.1, 0.15) is 33.1 Å². The van der Waals surface area contributed by atoms with Crippen molar-refractivity contribution in [3.05, 3.63) is 0 Å². The minimum absolute atomic E-state index is 0.00333. The number of amides is 2. The monoisotopic (exact) mass is 272 g/mol. The summed E-state index contributed by atoms with van der Waals surface area (Å²) < 4.78 is 4.58. The van der Waals surface area contributed by atoms with Crippen LogP contribution in [0.25, 0.3) is 0 Å². The maximum Gasteiger partial charge on any atom is 0.407 e. The van der Waals surface area contributed by atoms with Crippen molar-refractivity contribution in [2.75, 3.05) is 20.2 Å². The van der Waals surface area contributed by atoms with E-state index < -0.39 is 12.2 Å². The Morgan fingerprint density at radius 2 is 2.11 bits per heavy atom. The summed E-state index contributed by atoms with van der Waals surface area (Å²) in [5.41, 5.74) is 0. The third-order valence-corrected chi connectivity index (χ3v) is 3.61. The number of aliphatic hydroxyl groups excluding tert-OH is 1. The molecule has 2 N–H and O–H groups in total. The first-order chi connectivity index (χ1) is 9.01. The van der Waals surface area contributed by atoms with Crippen LogP contribution in [0.2, 0.25) is 0 Å². The number of alkyl carbamates (subject to hydrolysis) is 1. The number of hydrogen-bond acceptors (Lipinski definition) is 4. The maximum absolute atomic E-state index is 11.8. The molecule has 1 saturated heterocycles. The molecule has 110 valence electrons. The van der Waals surface area contributed by atoms with Crippen molar-refractivity contribution in [2.45, 2.75) is 45.3 Å². The number of methoxy groups -OCH3 is 1. The number of rotatable bonds is 4. The zero-order valence-corrected chi connectivity index (χ0v) is 11.9. The molecule has 0 bridgehead atoms. The molecule has 1 aliphatic heterocycles. The second kappa shape index (κ2) is 7.33. The molecule has 0 aromatic carbocycles. The van der Waals surface area contributed by atoms with E-state index in [0.717, 1.165) is 0 Å². The average Bonchev–Trinajstić information content (AvgIpc) is 2.44. The lowest BCUT2D eigenvalue weighted by Crippen LogP contribution is -2.54. The summed E-state index contributed by atoms with van der Waals surface area (Å²) in [6.45, 7) is 4.76. The highest BCUT2D eigenvalue weighted by molar-refractivity contribution is 5.76. The number of hydrogen-bond donors (Lipinski definition) is 2. The molecular formula is C13H24N2O4. The van der Waals surface area contributed by atoms with E-state index in [4.69, 9.17) is 0 Å².